The van der Waals surface area contributed by atoms with E-state index in [9.17, 15) is 13.2 Å². The molecule has 2 aromatic rings. The Morgan fingerprint density at radius 2 is 1.65 bits per heavy atom. The van der Waals surface area contributed by atoms with Gasteiger partial charge in [0.1, 0.15) is 6.04 Å². The van der Waals surface area contributed by atoms with Gasteiger partial charge in [0, 0.05) is 10.1 Å². The van der Waals surface area contributed by atoms with E-state index in [1.807, 2.05) is 44.2 Å². The number of carbonyl (C=O) groups excluding carboxylic acids is 1. The summed E-state index contributed by atoms with van der Waals surface area (Å²) >= 11 is 2.11. The van der Waals surface area contributed by atoms with E-state index in [4.69, 9.17) is 0 Å². The number of carbonyl (C=O) groups is 1. The molecule has 0 bridgehead atoms. The molecule has 0 unspecified atom stereocenters. The number of amides is 1. The zero-order chi connectivity index (χ0) is 19.2. The Labute approximate surface area is 168 Å². The summed E-state index contributed by atoms with van der Waals surface area (Å²) in [7, 11) is -3.79. The highest BCUT2D eigenvalue weighted by atomic mass is 127. The van der Waals surface area contributed by atoms with E-state index in [1.54, 1.807) is 12.1 Å². The van der Waals surface area contributed by atoms with Crippen molar-refractivity contribution in [1.29, 1.82) is 0 Å². The molecule has 0 aromatic heterocycles. The van der Waals surface area contributed by atoms with Crippen LogP contribution >= 0.6 is 22.6 Å². The fraction of sp³-hybridized carbons (Fsp3) is 0.316. The predicted molar refractivity (Wildman–Crippen MR) is 111 cm³/mol. The van der Waals surface area contributed by atoms with E-state index in [-0.39, 0.29) is 23.1 Å². The number of nitrogens with one attached hydrogen (secondary N) is 2. The second-order valence-electron chi connectivity index (χ2n) is 6.46. The average Bonchev–Trinajstić information content (AvgIpc) is 2.60. The molecule has 0 heterocycles. The minimum atomic E-state index is -3.79. The molecule has 0 aliphatic heterocycles. The van der Waals surface area contributed by atoms with Crippen LogP contribution in [0.25, 0.3) is 0 Å². The fourth-order valence-electron chi connectivity index (χ4n) is 2.33. The Hall–Kier alpha value is -1.45. The summed E-state index contributed by atoms with van der Waals surface area (Å²) in [5.74, 6) is -0.0410. The number of halogens is 1. The zero-order valence-corrected chi connectivity index (χ0v) is 17.8. The van der Waals surface area contributed by atoms with Crippen LogP contribution in [0.2, 0.25) is 0 Å². The summed E-state index contributed by atoms with van der Waals surface area (Å²) in [6, 6.07) is 15.0. The van der Waals surface area contributed by atoms with E-state index in [2.05, 4.69) is 32.6 Å². The highest BCUT2D eigenvalue weighted by Crippen LogP contribution is 2.14. The molecular formula is C19H23IN2O3S. The normalized spacial score (nSPS) is 12.8. The van der Waals surface area contributed by atoms with E-state index < -0.39 is 16.1 Å². The Kier molecular flexibility index (Phi) is 7.60. The lowest BCUT2D eigenvalue weighted by Crippen LogP contribution is -2.48. The summed E-state index contributed by atoms with van der Waals surface area (Å²) in [6.45, 7) is 4.47. The van der Waals surface area contributed by atoms with Crippen LogP contribution in [0.15, 0.2) is 59.5 Å². The van der Waals surface area contributed by atoms with Crippen molar-refractivity contribution < 1.29 is 13.2 Å². The van der Waals surface area contributed by atoms with Crippen LogP contribution in [0.1, 0.15) is 19.4 Å². The maximum atomic E-state index is 12.7. The molecule has 2 N–H and O–H groups in total. The maximum absolute atomic E-state index is 12.7. The molecule has 1 atom stereocenters. The van der Waals surface area contributed by atoms with Crippen molar-refractivity contribution in [1.82, 2.24) is 10.0 Å². The second kappa shape index (κ2) is 9.48. The van der Waals surface area contributed by atoms with Crippen molar-refractivity contribution in [2.75, 3.05) is 6.54 Å². The second-order valence-corrected chi connectivity index (χ2v) is 9.42. The van der Waals surface area contributed by atoms with Gasteiger partial charge in [0.2, 0.25) is 15.9 Å². The summed E-state index contributed by atoms with van der Waals surface area (Å²) < 4.78 is 28.9. The van der Waals surface area contributed by atoms with Gasteiger partial charge in [0.15, 0.2) is 0 Å². The highest BCUT2D eigenvalue weighted by Gasteiger charge is 2.26. The van der Waals surface area contributed by atoms with Gasteiger partial charge >= 0.3 is 0 Å². The molecule has 26 heavy (non-hydrogen) atoms. The van der Waals surface area contributed by atoms with Gasteiger partial charge in [-0.1, -0.05) is 44.2 Å². The van der Waals surface area contributed by atoms with Crippen LogP contribution in [-0.4, -0.2) is 26.9 Å². The number of rotatable bonds is 8. The third kappa shape index (κ3) is 6.37. The van der Waals surface area contributed by atoms with Crippen molar-refractivity contribution in [2.45, 2.75) is 31.2 Å². The van der Waals surface area contributed by atoms with Crippen molar-refractivity contribution in [2.24, 2.45) is 5.92 Å². The van der Waals surface area contributed by atoms with Crippen molar-refractivity contribution in [3.63, 3.8) is 0 Å². The van der Waals surface area contributed by atoms with Gasteiger partial charge in [-0.05, 0) is 64.8 Å². The average molecular weight is 486 g/mol. The molecule has 2 aromatic carbocycles. The summed E-state index contributed by atoms with van der Waals surface area (Å²) in [5.41, 5.74) is 0.891. The highest BCUT2D eigenvalue weighted by molar-refractivity contribution is 14.1. The molecule has 0 aliphatic rings. The van der Waals surface area contributed by atoms with Crippen molar-refractivity contribution in [3.05, 3.63) is 63.7 Å². The van der Waals surface area contributed by atoms with E-state index in [0.717, 1.165) is 9.13 Å². The summed E-state index contributed by atoms with van der Waals surface area (Å²) in [4.78, 5) is 12.7. The van der Waals surface area contributed by atoms with E-state index >= 15 is 0 Å². The molecule has 0 spiro atoms. The van der Waals surface area contributed by atoms with Crippen LogP contribution in [0.3, 0.4) is 0 Å². The first-order valence-electron chi connectivity index (χ1n) is 8.37. The smallest absolute Gasteiger partial charge is 0.241 e. The van der Waals surface area contributed by atoms with E-state index in [1.165, 1.54) is 12.1 Å². The molecule has 0 radical (unpaired) electrons. The fourth-order valence-corrected chi connectivity index (χ4v) is 3.89. The maximum Gasteiger partial charge on any atom is 0.241 e. The van der Waals surface area contributed by atoms with Gasteiger partial charge in [0.05, 0.1) is 4.90 Å². The largest absolute Gasteiger partial charge is 0.354 e. The van der Waals surface area contributed by atoms with Gasteiger partial charge in [-0.2, -0.15) is 4.72 Å². The SMILES string of the molecule is CC(C)CNC(=O)[C@H](Cc1ccccc1)NS(=O)(=O)c1ccc(I)cc1. The molecule has 0 aliphatic carbocycles. The number of hydrogen-bond acceptors (Lipinski definition) is 3. The van der Waals surface area contributed by atoms with Crippen LogP contribution in [0, 0.1) is 9.49 Å². The molecule has 5 nitrogen and oxygen atoms in total. The molecule has 7 heteroatoms. The first kappa shape index (κ1) is 20.9. The van der Waals surface area contributed by atoms with Gasteiger partial charge < -0.3 is 5.32 Å². The molecule has 0 saturated heterocycles. The minimum absolute atomic E-state index is 0.146. The van der Waals surface area contributed by atoms with Gasteiger partial charge in [-0.25, -0.2) is 8.42 Å². The summed E-state index contributed by atoms with van der Waals surface area (Å²) in [6.07, 6.45) is 0.286. The Morgan fingerprint density at radius 1 is 1.04 bits per heavy atom. The molecular weight excluding hydrogens is 463 g/mol. The molecule has 2 rings (SSSR count). The monoisotopic (exact) mass is 486 g/mol. The quantitative estimate of drug-likeness (QED) is 0.564. The zero-order valence-electron chi connectivity index (χ0n) is 14.8. The Morgan fingerprint density at radius 3 is 2.23 bits per heavy atom. The van der Waals surface area contributed by atoms with E-state index in [0.29, 0.717) is 6.54 Å². The van der Waals surface area contributed by atoms with Crippen LogP contribution in [0.4, 0.5) is 0 Å². The third-order valence-electron chi connectivity index (χ3n) is 3.71. The summed E-state index contributed by atoms with van der Waals surface area (Å²) in [5, 5.41) is 2.82. The standard InChI is InChI=1S/C19H23IN2O3S/c1-14(2)13-21-19(23)18(12-15-6-4-3-5-7-15)22-26(24,25)17-10-8-16(20)9-11-17/h3-11,14,18,22H,12-13H2,1-2H3,(H,21,23)/t18-/m0/s1. The number of hydrogen-bond donors (Lipinski definition) is 2. The van der Waals surface area contributed by atoms with Crippen LogP contribution in [0.5, 0.6) is 0 Å². The van der Waals surface area contributed by atoms with Gasteiger partial charge in [0.25, 0.3) is 0 Å². The minimum Gasteiger partial charge on any atom is -0.354 e. The third-order valence-corrected chi connectivity index (χ3v) is 5.91. The van der Waals surface area contributed by atoms with Crippen molar-refractivity contribution >= 4 is 38.5 Å². The van der Waals surface area contributed by atoms with Gasteiger partial charge in [-0.3, -0.25) is 4.79 Å². The van der Waals surface area contributed by atoms with Crippen molar-refractivity contribution in [3.8, 4) is 0 Å². The Balaban J connectivity index is 2.21. The molecule has 140 valence electrons. The molecule has 0 saturated carbocycles. The van der Waals surface area contributed by atoms with Gasteiger partial charge in [-0.15, -0.1) is 0 Å². The lowest BCUT2D eigenvalue weighted by molar-refractivity contribution is -0.122. The Bertz CT molecular complexity index is 822. The lowest BCUT2D eigenvalue weighted by Gasteiger charge is -2.19. The number of sulfonamides is 1. The number of benzene rings is 2. The first-order valence-corrected chi connectivity index (χ1v) is 10.9. The van der Waals surface area contributed by atoms with Crippen LogP contribution < -0.4 is 10.0 Å². The lowest BCUT2D eigenvalue weighted by atomic mass is 10.1. The molecule has 1 amide bonds. The van der Waals surface area contributed by atoms with Crippen LogP contribution in [-0.2, 0) is 21.2 Å². The predicted octanol–water partition coefficient (Wildman–Crippen LogP) is 2.95. The first-order chi connectivity index (χ1) is 12.3. The topological polar surface area (TPSA) is 75.3 Å². The molecule has 0 fully saturated rings.